The van der Waals surface area contributed by atoms with E-state index in [0.717, 1.165) is 6.07 Å². The number of anilines is 2. The number of halogens is 1. The lowest BCUT2D eigenvalue weighted by molar-refractivity contribution is -0.114. The first-order valence-electron chi connectivity index (χ1n) is 6.68. The predicted octanol–water partition coefficient (Wildman–Crippen LogP) is 2.20. The lowest BCUT2D eigenvalue weighted by Crippen LogP contribution is -2.16. The molecule has 0 radical (unpaired) electrons. The number of carbonyl (C=O) groups is 2. The minimum atomic E-state index is -4.03. The van der Waals surface area contributed by atoms with Crippen molar-refractivity contribution in [3.63, 3.8) is 0 Å². The summed E-state index contributed by atoms with van der Waals surface area (Å²) < 4.78 is 22.9. The highest BCUT2D eigenvalue weighted by atomic mass is 35.5. The van der Waals surface area contributed by atoms with Gasteiger partial charge in [-0.3, -0.25) is 9.59 Å². The molecule has 24 heavy (non-hydrogen) atoms. The van der Waals surface area contributed by atoms with E-state index in [4.69, 9.17) is 16.7 Å². The van der Waals surface area contributed by atoms with E-state index in [1.165, 1.54) is 19.1 Å². The molecule has 0 unspecified atom stereocenters. The summed E-state index contributed by atoms with van der Waals surface area (Å²) in [6.07, 6.45) is 0. The molecule has 2 amide bonds. The monoisotopic (exact) mass is 367 g/mol. The van der Waals surface area contributed by atoms with Crippen molar-refractivity contribution in [1.29, 1.82) is 0 Å². The highest BCUT2D eigenvalue weighted by Crippen LogP contribution is 2.22. The van der Waals surface area contributed by atoms with Crippen LogP contribution in [0.1, 0.15) is 17.3 Å². The number of rotatable bonds is 4. The van der Waals surface area contributed by atoms with Gasteiger partial charge in [0.05, 0.1) is 5.02 Å². The fraction of sp³-hybridized carbons (Fsp3) is 0.0667. The van der Waals surface area contributed by atoms with E-state index in [2.05, 4.69) is 10.6 Å². The van der Waals surface area contributed by atoms with Crippen LogP contribution in [0, 0.1) is 0 Å². The van der Waals surface area contributed by atoms with Crippen LogP contribution in [0.2, 0.25) is 5.02 Å². The third-order valence-electron chi connectivity index (χ3n) is 2.96. The minimum Gasteiger partial charge on any atom is -0.326 e. The Morgan fingerprint density at radius 3 is 2.04 bits per heavy atom. The van der Waals surface area contributed by atoms with Crippen LogP contribution < -0.4 is 15.8 Å². The molecular formula is C15H14ClN3O4S. The number of carbonyl (C=O) groups excluding carboxylic acids is 2. The third-order valence-corrected chi connectivity index (χ3v) is 4.36. The molecule has 7 nitrogen and oxygen atoms in total. The maximum atomic E-state index is 12.2. The molecule has 0 aromatic heterocycles. The van der Waals surface area contributed by atoms with Crippen molar-refractivity contribution < 1.29 is 18.0 Å². The number of amides is 2. The summed E-state index contributed by atoms with van der Waals surface area (Å²) in [5.41, 5.74) is 1.15. The molecular weight excluding hydrogens is 354 g/mol. The molecule has 2 aromatic rings. The molecule has 0 aliphatic heterocycles. The number of hydrogen-bond donors (Lipinski definition) is 3. The third kappa shape index (κ3) is 4.54. The van der Waals surface area contributed by atoms with Crippen LogP contribution in [0.25, 0.3) is 0 Å². The van der Waals surface area contributed by atoms with Crippen LogP contribution in [0.4, 0.5) is 11.4 Å². The van der Waals surface area contributed by atoms with Crippen LogP contribution in [-0.2, 0) is 14.8 Å². The summed E-state index contributed by atoms with van der Waals surface area (Å²) in [6.45, 7) is 1.39. The summed E-state index contributed by atoms with van der Waals surface area (Å²) in [6, 6.07) is 10.2. The zero-order valence-corrected chi connectivity index (χ0v) is 14.1. The second-order valence-electron chi connectivity index (χ2n) is 4.90. The van der Waals surface area contributed by atoms with Gasteiger partial charge in [-0.25, -0.2) is 13.6 Å². The van der Waals surface area contributed by atoms with E-state index in [0.29, 0.717) is 11.4 Å². The summed E-state index contributed by atoms with van der Waals surface area (Å²) in [4.78, 5) is 22.8. The molecule has 2 rings (SSSR count). The molecule has 126 valence electrons. The summed E-state index contributed by atoms with van der Waals surface area (Å²) in [5.74, 6) is -0.729. The Kier molecular flexibility index (Phi) is 5.23. The lowest BCUT2D eigenvalue weighted by atomic mass is 10.2. The topological polar surface area (TPSA) is 118 Å². The van der Waals surface area contributed by atoms with Gasteiger partial charge in [0.15, 0.2) is 0 Å². The number of benzene rings is 2. The van der Waals surface area contributed by atoms with Crippen molar-refractivity contribution in [3.05, 3.63) is 53.1 Å². The predicted molar refractivity (Wildman–Crippen MR) is 91.5 cm³/mol. The molecule has 0 atom stereocenters. The molecule has 0 bridgehead atoms. The molecule has 2 aromatic carbocycles. The molecule has 4 N–H and O–H groups in total. The Morgan fingerprint density at radius 1 is 1.00 bits per heavy atom. The van der Waals surface area contributed by atoms with Crippen LogP contribution in [-0.4, -0.2) is 20.2 Å². The molecule has 9 heteroatoms. The standard InChI is InChI=1S/C15H14ClN3O4S/c1-9(20)18-11-3-5-12(6-4-11)19-15(21)10-2-7-13(16)14(8-10)24(17,22)23/h2-8H,1H3,(H,18,20)(H,19,21)(H2,17,22,23). The maximum Gasteiger partial charge on any atom is 0.255 e. The van der Waals surface area contributed by atoms with Crippen molar-refractivity contribution in [2.75, 3.05) is 10.6 Å². The van der Waals surface area contributed by atoms with Gasteiger partial charge in [-0.05, 0) is 42.5 Å². The first-order chi connectivity index (χ1) is 11.2. The fourth-order valence-electron chi connectivity index (χ4n) is 1.91. The molecule has 0 spiro atoms. The van der Waals surface area contributed by atoms with Crippen LogP contribution in [0.15, 0.2) is 47.4 Å². The van der Waals surface area contributed by atoms with Gasteiger partial charge in [-0.2, -0.15) is 0 Å². The smallest absolute Gasteiger partial charge is 0.255 e. The summed E-state index contributed by atoms with van der Waals surface area (Å²) in [7, 11) is -4.03. The summed E-state index contributed by atoms with van der Waals surface area (Å²) >= 11 is 5.78. The molecule has 0 saturated carbocycles. The van der Waals surface area contributed by atoms with Crippen LogP contribution in [0.5, 0.6) is 0 Å². The Hall–Kier alpha value is -2.42. The molecule has 0 heterocycles. The fourth-order valence-corrected chi connectivity index (χ4v) is 2.98. The van der Waals surface area contributed by atoms with Crippen molar-refractivity contribution in [3.8, 4) is 0 Å². The number of primary sulfonamides is 1. The zero-order chi connectivity index (χ0) is 17.9. The number of hydrogen-bond acceptors (Lipinski definition) is 4. The number of nitrogens with one attached hydrogen (secondary N) is 2. The molecule has 0 aliphatic rings. The largest absolute Gasteiger partial charge is 0.326 e. The number of nitrogens with two attached hydrogens (primary N) is 1. The SMILES string of the molecule is CC(=O)Nc1ccc(NC(=O)c2ccc(Cl)c(S(N)(=O)=O)c2)cc1. The zero-order valence-electron chi connectivity index (χ0n) is 12.5. The van der Waals surface area contributed by atoms with Gasteiger partial charge in [0.1, 0.15) is 4.90 Å². The lowest BCUT2D eigenvalue weighted by Gasteiger charge is -2.08. The highest BCUT2D eigenvalue weighted by Gasteiger charge is 2.16. The molecule has 0 saturated heterocycles. The van der Waals surface area contributed by atoms with Gasteiger partial charge in [-0.1, -0.05) is 11.6 Å². The quantitative estimate of drug-likeness (QED) is 0.767. The van der Waals surface area contributed by atoms with E-state index in [1.54, 1.807) is 24.3 Å². The summed E-state index contributed by atoms with van der Waals surface area (Å²) in [5, 5.41) is 10.2. The Labute approximate surface area is 143 Å². The normalized spacial score (nSPS) is 11.0. The molecule has 0 aliphatic carbocycles. The van der Waals surface area contributed by atoms with Crippen LogP contribution >= 0.6 is 11.6 Å². The van der Waals surface area contributed by atoms with Gasteiger partial charge in [0, 0.05) is 23.9 Å². The van der Waals surface area contributed by atoms with E-state index in [-0.39, 0.29) is 21.4 Å². The second kappa shape index (κ2) is 7.00. The van der Waals surface area contributed by atoms with Crippen LogP contribution in [0.3, 0.4) is 0 Å². The van der Waals surface area contributed by atoms with Crippen molar-refractivity contribution >= 4 is 44.8 Å². The van der Waals surface area contributed by atoms with E-state index >= 15 is 0 Å². The van der Waals surface area contributed by atoms with Gasteiger partial charge >= 0.3 is 0 Å². The average molecular weight is 368 g/mol. The van der Waals surface area contributed by atoms with Gasteiger partial charge < -0.3 is 10.6 Å². The minimum absolute atomic E-state index is 0.0614. The highest BCUT2D eigenvalue weighted by molar-refractivity contribution is 7.89. The Bertz CT molecular complexity index is 895. The molecule has 0 fully saturated rings. The van der Waals surface area contributed by atoms with E-state index in [9.17, 15) is 18.0 Å². The average Bonchev–Trinajstić information content (AvgIpc) is 2.48. The van der Waals surface area contributed by atoms with E-state index < -0.39 is 15.9 Å². The van der Waals surface area contributed by atoms with Gasteiger partial charge in [0.25, 0.3) is 5.91 Å². The van der Waals surface area contributed by atoms with Crippen molar-refractivity contribution in [2.24, 2.45) is 5.14 Å². The van der Waals surface area contributed by atoms with Gasteiger partial charge in [-0.15, -0.1) is 0 Å². The van der Waals surface area contributed by atoms with E-state index in [1.807, 2.05) is 0 Å². The second-order valence-corrected chi connectivity index (χ2v) is 6.84. The van der Waals surface area contributed by atoms with Crippen molar-refractivity contribution in [1.82, 2.24) is 0 Å². The Morgan fingerprint density at radius 2 is 1.54 bits per heavy atom. The first-order valence-corrected chi connectivity index (χ1v) is 8.60. The van der Waals surface area contributed by atoms with Gasteiger partial charge in [0.2, 0.25) is 15.9 Å². The van der Waals surface area contributed by atoms with Crippen molar-refractivity contribution in [2.45, 2.75) is 11.8 Å². The first kappa shape index (κ1) is 17.9. The Balaban J connectivity index is 2.20. The number of sulfonamides is 1. The maximum absolute atomic E-state index is 12.2.